The third kappa shape index (κ3) is 4.91. The van der Waals surface area contributed by atoms with Gasteiger partial charge in [0, 0.05) is 37.3 Å². The monoisotopic (exact) mass is 366 g/mol. The van der Waals surface area contributed by atoms with Gasteiger partial charge in [0.05, 0.1) is 5.92 Å². The molecule has 1 fully saturated rings. The maximum absolute atomic E-state index is 12.3. The summed E-state index contributed by atoms with van der Waals surface area (Å²) in [7, 11) is 0. The molecule has 7 nitrogen and oxygen atoms in total. The average molecular weight is 366 g/mol. The van der Waals surface area contributed by atoms with E-state index >= 15 is 0 Å². The van der Waals surface area contributed by atoms with E-state index < -0.39 is 5.92 Å². The van der Waals surface area contributed by atoms with E-state index in [1.807, 2.05) is 49.4 Å². The molecule has 1 atom stereocenters. The van der Waals surface area contributed by atoms with Gasteiger partial charge in [-0.3, -0.25) is 14.4 Å². The lowest BCUT2D eigenvalue weighted by Gasteiger charge is -2.16. The summed E-state index contributed by atoms with van der Waals surface area (Å²) in [4.78, 5) is 42.3. The molecule has 0 spiro atoms. The average Bonchev–Trinajstić information content (AvgIpc) is 3.04. The van der Waals surface area contributed by atoms with Crippen molar-refractivity contribution in [3.8, 4) is 0 Å². The van der Waals surface area contributed by atoms with Crippen LogP contribution in [0.15, 0.2) is 48.5 Å². The molecular weight excluding hydrogens is 344 g/mol. The van der Waals surface area contributed by atoms with Crippen LogP contribution in [-0.2, 0) is 14.4 Å². The fourth-order valence-corrected chi connectivity index (χ4v) is 3.00. The number of nitrogens with one attached hydrogen (secondary N) is 2. The molecule has 0 bridgehead atoms. The summed E-state index contributed by atoms with van der Waals surface area (Å²) in [6.45, 7) is 2.41. The molecular formula is C20H22N4O3. The quantitative estimate of drug-likeness (QED) is 0.817. The number of anilines is 2. The molecule has 0 aliphatic carbocycles. The minimum atomic E-state index is -0.404. The van der Waals surface area contributed by atoms with E-state index in [1.165, 1.54) is 0 Å². The normalized spacial score (nSPS) is 16.3. The Morgan fingerprint density at radius 2 is 1.93 bits per heavy atom. The molecule has 2 aromatic rings. The van der Waals surface area contributed by atoms with Crippen LogP contribution in [0, 0.1) is 12.8 Å². The number of aryl methyl sites for hydroxylation is 1. The molecule has 1 aromatic heterocycles. The highest BCUT2D eigenvalue weighted by molar-refractivity contribution is 6.00. The maximum Gasteiger partial charge on any atom is 0.227 e. The Morgan fingerprint density at radius 1 is 1.15 bits per heavy atom. The van der Waals surface area contributed by atoms with Crippen LogP contribution in [0.4, 0.5) is 11.5 Å². The maximum atomic E-state index is 12.3. The zero-order valence-electron chi connectivity index (χ0n) is 15.1. The van der Waals surface area contributed by atoms with E-state index in [9.17, 15) is 14.4 Å². The molecule has 1 aliphatic heterocycles. The summed E-state index contributed by atoms with van der Waals surface area (Å²) in [5.41, 5.74) is 1.61. The van der Waals surface area contributed by atoms with Crippen LogP contribution in [0.25, 0.3) is 0 Å². The SMILES string of the molecule is Cc1cccc(NC(=O)CCNC(=O)[C@@H]2CC(=O)N(c3ccccc3)C2)n1. The van der Waals surface area contributed by atoms with Crippen molar-refractivity contribution in [2.24, 2.45) is 5.92 Å². The van der Waals surface area contributed by atoms with Crippen LogP contribution in [0.3, 0.4) is 0 Å². The third-order valence-corrected chi connectivity index (χ3v) is 4.37. The van der Waals surface area contributed by atoms with Gasteiger partial charge in [-0.05, 0) is 31.2 Å². The second-order valence-corrected chi connectivity index (χ2v) is 6.49. The van der Waals surface area contributed by atoms with Crippen LogP contribution in [0.1, 0.15) is 18.5 Å². The van der Waals surface area contributed by atoms with Crippen molar-refractivity contribution >= 4 is 29.2 Å². The minimum absolute atomic E-state index is 0.0652. The largest absolute Gasteiger partial charge is 0.355 e. The first-order valence-corrected chi connectivity index (χ1v) is 8.89. The first kappa shape index (κ1) is 18.6. The molecule has 2 N–H and O–H groups in total. The van der Waals surface area contributed by atoms with Gasteiger partial charge in [0.1, 0.15) is 5.82 Å². The number of nitrogens with zero attached hydrogens (tertiary/aromatic N) is 2. The second-order valence-electron chi connectivity index (χ2n) is 6.49. The molecule has 1 saturated heterocycles. The van der Waals surface area contributed by atoms with Crippen molar-refractivity contribution in [3.63, 3.8) is 0 Å². The fraction of sp³-hybridized carbons (Fsp3) is 0.300. The van der Waals surface area contributed by atoms with Gasteiger partial charge in [-0.1, -0.05) is 24.3 Å². The lowest BCUT2D eigenvalue weighted by atomic mass is 10.1. The third-order valence-electron chi connectivity index (χ3n) is 4.37. The molecule has 1 aliphatic rings. The van der Waals surface area contributed by atoms with Crippen molar-refractivity contribution in [2.45, 2.75) is 19.8 Å². The zero-order chi connectivity index (χ0) is 19.2. The molecule has 0 radical (unpaired) electrons. The van der Waals surface area contributed by atoms with Gasteiger partial charge < -0.3 is 15.5 Å². The van der Waals surface area contributed by atoms with E-state index in [-0.39, 0.29) is 37.1 Å². The summed E-state index contributed by atoms with van der Waals surface area (Å²) in [6.07, 6.45) is 0.324. The van der Waals surface area contributed by atoms with E-state index in [4.69, 9.17) is 0 Å². The van der Waals surface area contributed by atoms with Crippen LogP contribution in [-0.4, -0.2) is 35.8 Å². The van der Waals surface area contributed by atoms with Gasteiger partial charge in [-0.15, -0.1) is 0 Å². The zero-order valence-corrected chi connectivity index (χ0v) is 15.1. The number of amides is 3. The smallest absolute Gasteiger partial charge is 0.227 e. The number of aromatic nitrogens is 1. The predicted molar refractivity (Wildman–Crippen MR) is 102 cm³/mol. The number of carbonyl (C=O) groups excluding carboxylic acids is 3. The van der Waals surface area contributed by atoms with Crippen LogP contribution in [0.5, 0.6) is 0 Å². The Balaban J connectivity index is 1.44. The standard InChI is InChI=1S/C20H22N4O3/c1-14-6-5-9-17(22-14)23-18(25)10-11-21-20(27)15-12-19(26)24(13-15)16-7-3-2-4-8-16/h2-9,15H,10-13H2,1H3,(H,21,27)(H,22,23,25)/t15-/m1/s1. The van der Waals surface area contributed by atoms with Crippen molar-refractivity contribution < 1.29 is 14.4 Å². The molecule has 3 rings (SSSR count). The summed E-state index contributed by atoms with van der Waals surface area (Å²) in [5, 5.41) is 5.44. The number of carbonyl (C=O) groups is 3. The number of pyridine rings is 1. The minimum Gasteiger partial charge on any atom is -0.355 e. The van der Waals surface area contributed by atoms with Gasteiger partial charge in [0.25, 0.3) is 0 Å². The van der Waals surface area contributed by atoms with Gasteiger partial charge in [-0.25, -0.2) is 4.98 Å². The Bertz CT molecular complexity index is 838. The number of benzene rings is 1. The number of para-hydroxylation sites is 1. The lowest BCUT2D eigenvalue weighted by molar-refractivity contribution is -0.126. The topological polar surface area (TPSA) is 91.4 Å². The molecule has 0 saturated carbocycles. The Morgan fingerprint density at radius 3 is 2.67 bits per heavy atom. The molecule has 2 heterocycles. The highest BCUT2D eigenvalue weighted by Gasteiger charge is 2.34. The summed E-state index contributed by atoms with van der Waals surface area (Å²) < 4.78 is 0. The van der Waals surface area contributed by atoms with E-state index in [0.717, 1.165) is 11.4 Å². The molecule has 0 unspecified atom stereocenters. The Labute approximate surface area is 157 Å². The van der Waals surface area contributed by atoms with Crippen molar-refractivity contribution in [3.05, 3.63) is 54.2 Å². The molecule has 1 aromatic carbocycles. The Kier molecular flexibility index (Phi) is 5.80. The molecule has 27 heavy (non-hydrogen) atoms. The van der Waals surface area contributed by atoms with Crippen molar-refractivity contribution in [1.29, 1.82) is 0 Å². The van der Waals surface area contributed by atoms with Crippen molar-refractivity contribution in [2.75, 3.05) is 23.3 Å². The number of hydrogen-bond acceptors (Lipinski definition) is 4. The first-order chi connectivity index (χ1) is 13.0. The number of hydrogen-bond donors (Lipinski definition) is 2. The van der Waals surface area contributed by atoms with Crippen LogP contribution in [0.2, 0.25) is 0 Å². The van der Waals surface area contributed by atoms with E-state index in [1.54, 1.807) is 11.0 Å². The van der Waals surface area contributed by atoms with E-state index in [0.29, 0.717) is 12.4 Å². The van der Waals surface area contributed by atoms with Crippen LogP contribution < -0.4 is 15.5 Å². The summed E-state index contributed by atoms with van der Waals surface area (Å²) in [5.74, 6) is -0.403. The molecule has 3 amide bonds. The molecule has 140 valence electrons. The van der Waals surface area contributed by atoms with Crippen molar-refractivity contribution in [1.82, 2.24) is 10.3 Å². The second kappa shape index (κ2) is 8.44. The molecule has 7 heteroatoms. The fourth-order valence-electron chi connectivity index (χ4n) is 3.00. The highest BCUT2D eigenvalue weighted by Crippen LogP contribution is 2.24. The summed E-state index contributed by atoms with van der Waals surface area (Å²) >= 11 is 0. The highest BCUT2D eigenvalue weighted by atomic mass is 16.2. The van der Waals surface area contributed by atoms with Gasteiger partial charge in [0.15, 0.2) is 0 Å². The van der Waals surface area contributed by atoms with Gasteiger partial charge in [0.2, 0.25) is 17.7 Å². The number of rotatable bonds is 6. The van der Waals surface area contributed by atoms with E-state index in [2.05, 4.69) is 15.6 Å². The lowest BCUT2D eigenvalue weighted by Crippen LogP contribution is -2.34. The Hall–Kier alpha value is -3.22. The summed E-state index contributed by atoms with van der Waals surface area (Å²) in [6, 6.07) is 14.7. The first-order valence-electron chi connectivity index (χ1n) is 8.89. The van der Waals surface area contributed by atoms with Gasteiger partial charge in [-0.2, -0.15) is 0 Å². The predicted octanol–water partition coefficient (Wildman–Crippen LogP) is 1.89. The van der Waals surface area contributed by atoms with Crippen LogP contribution >= 0.6 is 0 Å². The van der Waals surface area contributed by atoms with Gasteiger partial charge >= 0.3 is 0 Å².